The van der Waals surface area contributed by atoms with Crippen molar-refractivity contribution in [2.24, 2.45) is 9.98 Å². The van der Waals surface area contributed by atoms with Gasteiger partial charge in [-0.15, -0.1) is 0 Å². The second-order valence-electron chi connectivity index (χ2n) is 6.99. The van der Waals surface area contributed by atoms with Crippen molar-refractivity contribution in [3.63, 3.8) is 0 Å². The molecule has 0 radical (unpaired) electrons. The predicted octanol–water partition coefficient (Wildman–Crippen LogP) is 4.15. The van der Waals surface area contributed by atoms with Crippen molar-refractivity contribution >= 4 is 28.8 Å². The van der Waals surface area contributed by atoms with Crippen molar-refractivity contribution in [3.8, 4) is 0 Å². The predicted molar refractivity (Wildman–Crippen MR) is 85.0 cm³/mol. The highest BCUT2D eigenvalue weighted by atomic mass is 16.4. The minimum absolute atomic E-state index is 0.208. The number of carboxylic acids is 1. The molecule has 2 heterocycles. The minimum Gasteiger partial charge on any atom is -0.478 e. The van der Waals surface area contributed by atoms with Crippen LogP contribution < -0.4 is 0 Å². The maximum Gasteiger partial charge on any atom is 0.336 e. The third kappa shape index (κ3) is 1.59. The fraction of sp³-hybridized carbons (Fsp3) is 0.471. The van der Waals surface area contributed by atoms with Gasteiger partial charge >= 0.3 is 5.97 Å². The van der Waals surface area contributed by atoms with Gasteiger partial charge in [-0.25, -0.2) is 4.79 Å². The summed E-state index contributed by atoms with van der Waals surface area (Å²) in [5, 5.41) is 9.60. The molecule has 0 spiro atoms. The van der Waals surface area contributed by atoms with E-state index in [1.54, 1.807) is 6.07 Å². The van der Waals surface area contributed by atoms with Gasteiger partial charge in [0.15, 0.2) is 0 Å². The molecule has 0 amide bonds. The number of carboxylic acid groups (broad SMARTS) is 1. The van der Waals surface area contributed by atoms with Crippen LogP contribution in [0.5, 0.6) is 0 Å². The fourth-order valence-corrected chi connectivity index (χ4v) is 3.26. The molecule has 0 atom stereocenters. The van der Waals surface area contributed by atoms with Crippen molar-refractivity contribution in [2.45, 2.75) is 52.4 Å². The van der Waals surface area contributed by atoms with Crippen LogP contribution in [0.2, 0.25) is 0 Å². The molecule has 1 aromatic rings. The van der Waals surface area contributed by atoms with E-state index in [1.165, 1.54) is 0 Å². The smallest absolute Gasteiger partial charge is 0.336 e. The number of fused-ring (bicyclic) bond motifs is 3. The van der Waals surface area contributed by atoms with E-state index in [9.17, 15) is 9.90 Å². The third-order valence-corrected chi connectivity index (χ3v) is 5.14. The summed E-state index contributed by atoms with van der Waals surface area (Å²) in [6.45, 7) is 12.3. The average Bonchev–Trinajstić information content (AvgIpc) is 2.71. The number of rotatable bonds is 1. The molecular weight excluding hydrogens is 264 g/mol. The number of nitrogens with zero attached hydrogens (tertiary/aromatic N) is 2. The fourth-order valence-electron chi connectivity index (χ4n) is 3.26. The lowest BCUT2D eigenvalue weighted by Crippen LogP contribution is -2.26. The lowest BCUT2D eigenvalue weighted by atomic mass is 9.74. The molecule has 1 N–H and O–H groups in total. The van der Waals surface area contributed by atoms with Crippen LogP contribution in [-0.2, 0) is 10.8 Å². The molecule has 0 saturated heterocycles. The summed E-state index contributed by atoms with van der Waals surface area (Å²) >= 11 is 0. The Morgan fingerprint density at radius 3 is 2.10 bits per heavy atom. The highest BCUT2D eigenvalue weighted by Gasteiger charge is 2.44. The topological polar surface area (TPSA) is 62.0 Å². The highest BCUT2D eigenvalue weighted by Crippen LogP contribution is 2.53. The van der Waals surface area contributed by atoms with Gasteiger partial charge in [-0.3, -0.25) is 9.98 Å². The van der Waals surface area contributed by atoms with E-state index >= 15 is 0 Å². The second kappa shape index (κ2) is 3.81. The van der Waals surface area contributed by atoms with Gasteiger partial charge in [0.25, 0.3) is 0 Å². The number of hydrogen-bond acceptors (Lipinski definition) is 3. The van der Waals surface area contributed by atoms with Gasteiger partial charge in [-0.05, 0) is 19.9 Å². The Labute approximate surface area is 124 Å². The molecule has 0 unspecified atom stereocenters. The van der Waals surface area contributed by atoms with Gasteiger partial charge in [-0.1, -0.05) is 27.7 Å². The van der Waals surface area contributed by atoms with Crippen molar-refractivity contribution in [3.05, 3.63) is 22.8 Å². The quantitative estimate of drug-likeness (QED) is 0.842. The standard InChI is InChI=1S/C17H20N2O2/c1-8-17(5,6)13-11(18-8)7-10(15(20)21)12-14(13)19-9(2)16(12,3)4/h7H,1-6H3,(H,20,21). The van der Waals surface area contributed by atoms with E-state index in [0.717, 1.165) is 33.9 Å². The van der Waals surface area contributed by atoms with E-state index in [0.29, 0.717) is 5.56 Å². The van der Waals surface area contributed by atoms with Gasteiger partial charge in [0, 0.05) is 33.4 Å². The summed E-state index contributed by atoms with van der Waals surface area (Å²) in [6.07, 6.45) is 0. The van der Waals surface area contributed by atoms with Gasteiger partial charge < -0.3 is 5.11 Å². The summed E-state index contributed by atoms with van der Waals surface area (Å²) in [6, 6.07) is 1.71. The van der Waals surface area contributed by atoms with Crippen LogP contribution in [0.15, 0.2) is 16.1 Å². The third-order valence-electron chi connectivity index (χ3n) is 5.14. The number of aromatic carboxylic acids is 1. The molecule has 0 bridgehead atoms. The summed E-state index contributed by atoms with van der Waals surface area (Å²) in [4.78, 5) is 21.0. The van der Waals surface area contributed by atoms with Crippen LogP contribution in [0.1, 0.15) is 63.0 Å². The molecule has 3 rings (SSSR count). The lowest BCUT2D eigenvalue weighted by molar-refractivity contribution is 0.0695. The largest absolute Gasteiger partial charge is 0.478 e. The number of benzene rings is 1. The Balaban J connectivity index is 2.45. The summed E-state index contributed by atoms with van der Waals surface area (Å²) in [5.74, 6) is -0.912. The molecule has 2 aliphatic heterocycles. The Kier molecular flexibility index (Phi) is 2.54. The zero-order chi connectivity index (χ0) is 15.7. The second-order valence-corrected chi connectivity index (χ2v) is 6.99. The average molecular weight is 284 g/mol. The summed E-state index contributed by atoms with van der Waals surface area (Å²) in [7, 11) is 0. The SMILES string of the molecule is CC1=Nc2cc(C(=O)O)c3c(c2C1(C)C)N=C(C)C3(C)C. The number of hydrogen-bond donors (Lipinski definition) is 1. The van der Waals surface area contributed by atoms with E-state index in [2.05, 4.69) is 18.8 Å². The molecule has 0 fully saturated rings. The van der Waals surface area contributed by atoms with Crippen LogP contribution in [0.25, 0.3) is 0 Å². The Morgan fingerprint density at radius 2 is 1.52 bits per heavy atom. The maximum atomic E-state index is 11.7. The van der Waals surface area contributed by atoms with Gasteiger partial charge in [0.2, 0.25) is 0 Å². The van der Waals surface area contributed by atoms with Crippen molar-refractivity contribution in [1.82, 2.24) is 0 Å². The zero-order valence-electron chi connectivity index (χ0n) is 13.3. The molecule has 0 aliphatic carbocycles. The molecule has 2 aliphatic rings. The van der Waals surface area contributed by atoms with Crippen LogP contribution >= 0.6 is 0 Å². The van der Waals surface area contributed by atoms with Crippen LogP contribution in [0, 0.1) is 0 Å². The normalized spacial score (nSPS) is 20.7. The zero-order valence-corrected chi connectivity index (χ0v) is 13.3. The van der Waals surface area contributed by atoms with Crippen molar-refractivity contribution in [1.29, 1.82) is 0 Å². The van der Waals surface area contributed by atoms with E-state index in [1.807, 2.05) is 27.7 Å². The molecule has 0 aromatic heterocycles. The summed E-state index contributed by atoms with van der Waals surface area (Å²) in [5.41, 5.74) is 5.16. The Bertz CT molecular complexity index is 753. The van der Waals surface area contributed by atoms with E-state index < -0.39 is 5.97 Å². The van der Waals surface area contributed by atoms with Gasteiger partial charge in [0.05, 0.1) is 16.9 Å². The maximum absolute atomic E-state index is 11.7. The molecule has 21 heavy (non-hydrogen) atoms. The first kappa shape index (κ1) is 14.0. The summed E-state index contributed by atoms with van der Waals surface area (Å²) < 4.78 is 0. The van der Waals surface area contributed by atoms with Crippen LogP contribution in [0.4, 0.5) is 11.4 Å². The molecule has 4 heteroatoms. The molecule has 4 nitrogen and oxygen atoms in total. The first-order valence-electron chi connectivity index (χ1n) is 7.15. The molecular formula is C17H20N2O2. The number of carbonyl (C=O) groups is 1. The molecule has 1 aromatic carbocycles. The number of aliphatic imine (C=N–C) groups is 2. The van der Waals surface area contributed by atoms with E-state index in [4.69, 9.17) is 4.99 Å². The van der Waals surface area contributed by atoms with Crippen molar-refractivity contribution in [2.75, 3.05) is 0 Å². The Morgan fingerprint density at radius 1 is 1.00 bits per heavy atom. The van der Waals surface area contributed by atoms with Crippen LogP contribution in [-0.4, -0.2) is 22.5 Å². The van der Waals surface area contributed by atoms with Gasteiger partial charge in [-0.2, -0.15) is 0 Å². The van der Waals surface area contributed by atoms with Crippen LogP contribution in [0.3, 0.4) is 0 Å². The van der Waals surface area contributed by atoms with Gasteiger partial charge in [0.1, 0.15) is 0 Å². The van der Waals surface area contributed by atoms with Crippen molar-refractivity contribution < 1.29 is 9.90 Å². The molecule has 0 saturated carbocycles. The Hall–Kier alpha value is -1.97. The minimum atomic E-state index is -0.912. The molecule has 110 valence electrons. The first-order valence-corrected chi connectivity index (χ1v) is 7.15. The lowest BCUT2D eigenvalue weighted by Gasteiger charge is -2.26. The highest BCUT2D eigenvalue weighted by molar-refractivity contribution is 6.10. The first-order chi connectivity index (χ1) is 9.58. The monoisotopic (exact) mass is 284 g/mol. The van der Waals surface area contributed by atoms with E-state index in [-0.39, 0.29) is 10.8 Å².